The molecule has 0 aromatic carbocycles. The van der Waals surface area contributed by atoms with Crippen LogP contribution < -0.4 is 0 Å². The topological polar surface area (TPSA) is 34.1 Å². The fourth-order valence-electron chi connectivity index (χ4n) is 0.467. The molecule has 0 saturated heterocycles. The summed E-state index contributed by atoms with van der Waals surface area (Å²) in [5.74, 6) is 0. The molecule has 0 spiro atoms. The summed E-state index contributed by atoms with van der Waals surface area (Å²) in [7, 11) is 0. The zero-order chi connectivity index (χ0) is 7.28. The monoisotopic (exact) mass is 146 g/mol. The molecule has 2 nitrogen and oxygen atoms in total. The molecule has 0 rings (SSSR count). The zero-order valence-corrected chi connectivity index (χ0v) is 6.40. The van der Waals surface area contributed by atoms with E-state index in [0.29, 0.717) is 6.42 Å². The van der Waals surface area contributed by atoms with Crippen molar-refractivity contribution in [2.75, 3.05) is 0 Å². The van der Waals surface area contributed by atoms with Crippen LogP contribution in [0.15, 0.2) is 0 Å². The molecule has 0 aliphatic carbocycles. The average Bonchev–Trinajstić information content (AvgIpc) is 1.63. The Morgan fingerprint density at radius 1 is 1.78 bits per heavy atom. The van der Waals surface area contributed by atoms with Gasteiger partial charge in [-0.3, -0.25) is 4.79 Å². The standard InChI is InChI=1S/C6H10O2S/c1-5(3-4-7)9-6(2)8/h4-5H,3H2,1-2H3/t5-/m0/s1. The minimum atomic E-state index is 0.0735. The third-order valence-corrected chi connectivity index (χ3v) is 1.72. The molecule has 0 bridgehead atoms. The van der Waals surface area contributed by atoms with Gasteiger partial charge in [-0.15, -0.1) is 0 Å². The van der Waals surface area contributed by atoms with E-state index < -0.39 is 0 Å². The minimum Gasteiger partial charge on any atom is -0.303 e. The third-order valence-electron chi connectivity index (χ3n) is 0.795. The predicted octanol–water partition coefficient (Wildman–Crippen LogP) is 1.24. The Labute approximate surface area is 59.0 Å². The molecular weight excluding hydrogens is 136 g/mol. The first kappa shape index (κ1) is 8.69. The molecular formula is C6H10O2S. The normalized spacial score (nSPS) is 12.7. The lowest BCUT2D eigenvalue weighted by Crippen LogP contribution is -1.99. The maximum atomic E-state index is 10.4. The highest BCUT2D eigenvalue weighted by molar-refractivity contribution is 8.14. The van der Waals surface area contributed by atoms with Crippen molar-refractivity contribution in [2.24, 2.45) is 0 Å². The molecule has 0 aromatic heterocycles. The van der Waals surface area contributed by atoms with Crippen molar-refractivity contribution < 1.29 is 9.59 Å². The van der Waals surface area contributed by atoms with Crippen LogP contribution in [0, 0.1) is 0 Å². The van der Waals surface area contributed by atoms with Gasteiger partial charge in [-0.05, 0) is 0 Å². The van der Waals surface area contributed by atoms with Crippen molar-refractivity contribution in [1.29, 1.82) is 0 Å². The second-order valence-corrected chi connectivity index (χ2v) is 3.44. The van der Waals surface area contributed by atoms with E-state index in [2.05, 4.69) is 0 Å². The first-order chi connectivity index (χ1) is 4.16. The molecule has 0 aromatic rings. The summed E-state index contributed by atoms with van der Waals surface area (Å²) in [4.78, 5) is 20.2. The molecule has 0 N–H and O–H groups in total. The predicted molar refractivity (Wildman–Crippen MR) is 38.4 cm³/mol. The summed E-state index contributed by atoms with van der Waals surface area (Å²) in [6.45, 7) is 3.37. The molecule has 0 unspecified atom stereocenters. The van der Waals surface area contributed by atoms with Crippen LogP contribution in [0.5, 0.6) is 0 Å². The molecule has 0 radical (unpaired) electrons. The van der Waals surface area contributed by atoms with Crippen molar-refractivity contribution in [2.45, 2.75) is 25.5 Å². The number of hydrogen-bond donors (Lipinski definition) is 0. The number of hydrogen-bond acceptors (Lipinski definition) is 3. The van der Waals surface area contributed by atoms with Crippen LogP contribution in [0.3, 0.4) is 0 Å². The molecule has 0 aliphatic heterocycles. The molecule has 0 heterocycles. The summed E-state index contributed by atoms with van der Waals surface area (Å²) >= 11 is 1.21. The van der Waals surface area contributed by atoms with E-state index in [-0.39, 0.29) is 10.4 Å². The van der Waals surface area contributed by atoms with Gasteiger partial charge in [0.15, 0.2) is 5.12 Å². The summed E-state index contributed by atoms with van der Waals surface area (Å²) < 4.78 is 0. The number of thioether (sulfide) groups is 1. The number of carbonyl (C=O) groups excluding carboxylic acids is 2. The summed E-state index contributed by atoms with van der Waals surface area (Å²) in [5.41, 5.74) is 0. The van der Waals surface area contributed by atoms with Crippen molar-refractivity contribution in [3.05, 3.63) is 0 Å². The third kappa shape index (κ3) is 5.56. The lowest BCUT2D eigenvalue weighted by molar-refractivity contribution is -0.109. The van der Waals surface area contributed by atoms with E-state index in [9.17, 15) is 9.59 Å². The molecule has 3 heteroatoms. The van der Waals surface area contributed by atoms with Gasteiger partial charge >= 0.3 is 0 Å². The fraction of sp³-hybridized carbons (Fsp3) is 0.667. The van der Waals surface area contributed by atoms with Crippen LogP contribution in [0.1, 0.15) is 20.3 Å². The molecule has 1 atom stereocenters. The van der Waals surface area contributed by atoms with Crippen LogP contribution in [-0.4, -0.2) is 16.7 Å². The van der Waals surface area contributed by atoms with Gasteiger partial charge in [-0.1, -0.05) is 18.7 Å². The van der Waals surface area contributed by atoms with Gasteiger partial charge in [0, 0.05) is 18.6 Å². The van der Waals surface area contributed by atoms with Crippen LogP contribution in [0.25, 0.3) is 0 Å². The van der Waals surface area contributed by atoms with Gasteiger partial charge in [-0.25, -0.2) is 0 Å². The van der Waals surface area contributed by atoms with Gasteiger partial charge in [0.25, 0.3) is 0 Å². The highest BCUT2D eigenvalue weighted by Crippen LogP contribution is 2.12. The van der Waals surface area contributed by atoms with E-state index in [1.165, 1.54) is 18.7 Å². The van der Waals surface area contributed by atoms with E-state index in [1.54, 1.807) is 0 Å². The Kier molecular flexibility index (Phi) is 4.40. The number of aldehydes is 1. The van der Waals surface area contributed by atoms with Crippen LogP contribution in [0.2, 0.25) is 0 Å². The largest absolute Gasteiger partial charge is 0.303 e. The SMILES string of the molecule is CC(=O)S[C@@H](C)CC=O. The van der Waals surface area contributed by atoms with Crippen molar-refractivity contribution in [1.82, 2.24) is 0 Å². The van der Waals surface area contributed by atoms with Gasteiger partial charge in [-0.2, -0.15) is 0 Å². The number of carbonyl (C=O) groups is 2. The van der Waals surface area contributed by atoms with E-state index in [1.807, 2.05) is 6.92 Å². The van der Waals surface area contributed by atoms with E-state index in [0.717, 1.165) is 6.29 Å². The molecule has 0 aliphatic rings. The lowest BCUT2D eigenvalue weighted by atomic mass is 10.4. The zero-order valence-electron chi connectivity index (χ0n) is 5.59. The molecule has 0 amide bonds. The number of rotatable bonds is 3. The van der Waals surface area contributed by atoms with Crippen LogP contribution in [0.4, 0.5) is 0 Å². The highest BCUT2D eigenvalue weighted by Gasteiger charge is 2.03. The first-order valence-corrected chi connectivity index (χ1v) is 3.65. The summed E-state index contributed by atoms with van der Waals surface area (Å²) in [5, 5.41) is 0.212. The van der Waals surface area contributed by atoms with Gasteiger partial charge in [0.1, 0.15) is 6.29 Å². The first-order valence-electron chi connectivity index (χ1n) is 2.77. The Balaban J connectivity index is 3.37. The van der Waals surface area contributed by atoms with Crippen molar-refractivity contribution in [3.8, 4) is 0 Å². The highest BCUT2D eigenvalue weighted by atomic mass is 32.2. The molecule has 52 valence electrons. The van der Waals surface area contributed by atoms with E-state index >= 15 is 0 Å². The summed E-state index contributed by atoms with van der Waals surface area (Å²) in [6, 6.07) is 0. The minimum absolute atomic E-state index is 0.0735. The van der Waals surface area contributed by atoms with Gasteiger partial charge < -0.3 is 4.79 Å². The Bertz CT molecular complexity index is 112. The second-order valence-electron chi connectivity index (χ2n) is 1.82. The Morgan fingerprint density at radius 3 is 2.67 bits per heavy atom. The molecule has 9 heavy (non-hydrogen) atoms. The maximum absolute atomic E-state index is 10.4. The van der Waals surface area contributed by atoms with Crippen molar-refractivity contribution >= 4 is 23.2 Å². The second kappa shape index (κ2) is 4.56. The quantitative estimate of drug-likeness (QED) is 0.562. The smallest absolute Gasteiger partial charge is 0.186 e. The Hall–Kier alpha value is -0.310. The summed E-state index contributed by atoms with van der Waals surface area (Å²) in [6.07, 6.45) is 1.30. The van der Waals surface area contributed by atoms with E-state index in [4.69, 9.17) is 0 Å². The lowest BCUT2D eigenvalue weighted by Gasteiger charge is -2.00. The van der Waals surface area contributed by atoms with Crippen molar-refractivity contribution in [3.63, 3.8) is 0 Å². The van der Waals surface area contributed by atoms with Crippen LogP contribution >= 0.6 is 11.8 Å². The maximum Gasteiger partial charge on any atom is 0.186 e. The molecule has 0 saturated carbocycles. The van der Waals surface area contributed by atoms with Crippen LogP contribution in [-0.2, 0) is 9.59 Å². The van der Waals surface area contributed by atoms with Gasteiger partial charge in [0.05, 0.1) is 0 Å². The van der Waals surface area contributed by atoms with Gasteiger partial charge in [0.2, 0.25) is 0 Å². The Morgan fingerprint density at radius 2 is 2.33 bits per heavy atom. The average molecular weight is 146 g/mol. The molecule has 0 fully saturated rings. The fourth-order valence-corrected chi connectivity index (χ4v) is 1.21.